The molecule has 0 unspecified atom stereocenters. The Morgan fingerprint density at radius 3 is 2.78 bits per heavy atom. The van der Waals surface area contributed by atoms with Crippen LogP contribution in [0.15, 0.2) is 24.5 Å². The van der Waals surface area contributed by atoms with Gasteiger partial charge in [-0.25, -0.2) is 18.1 Å². The zero-order valence-electron chi connectivity index (χ0n) is 13.5. The molecule has 124 valence electrons. The van der Waals surface area contributed by atoms with Crippen molar-refractivity contribution in [3.8, 4) is 11.4 Å². The van der Waals surface area contributed by atoms with E-state index < -0.39 is 10.0 Å². The predicted octanol–water partition coefficient (Wildman–Crippen LogP) is 1.70. The van der Waals surface area contributed by atoms with E-state index in [1.807, 2.05) is 16.8 Å². The van der Waals surface area contributed by atoms with Crippen LogP contribution >= 0.6 is 0 Å². The van der Waals surface area contributed by atoms with E-state index in [-0.39, 0.29) is 12.0 Å². The quantitative estimate of drug-likeness (QED) is 0.849. The van der Waals surface area contributed by atoms with Gasteiger partial charge in [0.05, 0.1) is 18.8 Å². The van der Waals surface area contributed by atoms with Crippen molar-refractivity contribution in [1.29, 1.82) is 0 Å². The number of nitrogens with zero attached hydrogens (tertiary/aromatic N) is 5. The summed E-state index contributed by atoms with van der Waals surface area (Å²) in [6.07, 6.45) is 5.54. The van der Waals surface area contributed by atoms with Crippen LogP contribution in [0.5, 0.6) is 0 Å². The highest BCUT2D eigenvalue weighted by molar-refractivity contribution is 7.88. The number of sulfonamides is 1. The van der Waals surface area contributed by atoms with Crippen LogP contribution in [0.3, 0.4) is 0 Å². The van der Waals surface area contributed by atoms with Gasteiger partial charge in [-0.3, -0.25) is 4.98 Å². The van der Waals surface area contributed by atoms with Crippen molar-refractivity contribution in [2.24, 2.45) is 5.92 Å². The van der Waals surface area contributed by atoms with Gasteiger partial charge in [-0.2, -0.15) is 9.40 Å². The standard InChI is InChI=1S/C15H21N5O2S/c1-4-11(2)13-15-17-14(12-6-5-7-16-10-12)18-19(15)8-9-20(13)23(3,21)22/h5-7,10-11,13H,4,8-9H2,1-3H3/t11-,13-/m0/s1. The van der Waals surface area contributed by atoms with Gasteiger partial charge in [0.2, 0.25) is 10.0 Å². The maximum absolute atomic E-state index is 12.2. The highest BCUT2D eigenvalue weighted by Gasteiger charge is 2.38. The maximum atomic E-state index is 12.2. The Labute approximate surface area is 136 Å². The molecular formula is C15H21N5O2S. The number of rotatable bonds is 4. The van der Waals surface area contributed by atoms with Gasteiger partial charge in [-0.15, -0.1) is 0 Å². The van der Waals surface area contributed by atoms with E-state index in [1.165, 1.54) is 6.26 Å². The zero-order chi connectivity index (χ0) is 16.6. The summed E-state index contributed by atoms with van der Waals surface area (Å²) >= 11 is 0. The molecule has 8 heteroatoms. The highest BCUT2D eigenvalue weighted by Crippen LogP contribution is 2.35. The maximum Gasteiger partial charge on any atom is 0.211 e. The van der Waals surface area contributed by atoms with Crippen molar-refractivity contribution in [3.05, 3.63) is 30.4 Å². The third-order valence-corrected chi connectivity index (χ3v) is 5.60. The van der Waals surface area contributed by atoms with Crippen molar-refractivity contribution >= 4 is 10.0 Å². The van der Waals surface area contributed by atoms with Gasteiger partial charge in [0.25, 0.3) is 0 Å². The minimum absolute atomic E-state index is 0.162. The van der Waals surface area contributed by atoms with Crippen LogP contribution in [0.4, 0.5) is 0 Å². The summed E-state index contributed by atoms with van der Waals surface area (Å²) in [4.78, 5) is 8.74. The average molecular weight is 335 g/mol. The molecule has 0 aliphatic carbocycles. The summed E-state index contributed by atoms with van der Waals surface area (Å²) in [5.41, 5.74) is 0.836. The number of hydrogen-bond donors (Lipinski definition) is 0. The van der Waals surface area contributed by atoms with Crippen LogP contribution in [-0.2, 0) is 16.6 Å². The lowest BCUT2D eigenvalue weighted by molar-refractivity contribution is 0.191. The molecule has 2 atom stereocenters. The van der Waals surface area contributed by atoms with Crippen LogP contribution in [0, 0.1) is 5.92 Å². The highest BCUT2D eigenvalue weighted by atomic mass is 32.2. The van der Waals surface area contributed by atoms with E-state index in [4.69, 9.17) is 0 Å². The summed E-state index contributed by atoms with van der Waals surface area (Å²) in [6, 6.07) is 3.47. The largest absolute Gasteiger partial charge is 0.264 e. The second-order valence-electron chi connectivity index (χ2n) is 5.96. The Kier molecular flexibility index (Phi) is 4.20. The van der Waals surface area contributed by atoms with E-state index in [0.29, 0.717) is 18.9 Å². The second kappa shape index (κ2) is 6.01. The van der Waals surface area contributed by atoms with E-state index in [9.17, 15) is 8.42 Å². The molecule has 2 aromatic rings. The fourth-order valence-corrected chi connectivity index (χ4v) is 4.08. The Bertz CT molecular complexity index is 787. The second-order valence-corrected chi connectivity index (χ2v) is 7.90. The molecule has 3 rings (SSSR count). The topological polar surface area (TPSA) is 81.0 Å². The normalized spacial score (nSPS) is 20.2. The Morgan fingerprint density at radius 1 is 1.39 bits per heavy atom. The van der Waals surface area contributed by atoms with Gasteiger partial charge in [0.1, 0.15) is 5.82 Å². The van der Waals surface area contributed by atoms with Crippen molar-refractivity contribution < 1.29 is 8.42 Å². The van der Waals surface area contributed by atoms with E-state index >= 15 is 0 Å². The van der Waals surface area contributed by atoms with Gasteiger partial charge in [-0.05, 0) is 18.1 Å². The predicted molar refractivity (Wildman–Crippen MR) is 87.0 cm³/mol. The Balaban J connectivity index is 2.07. The fraction of sp³-hybridized carbons (Fsp3) is 0.533. The van der Waals surface area contributed by atoms with E-state index in [1.54, 1.807) is 16.7 Å². The van der Waals surface area contributed by atoms with Crippen LogP contribution in [0.25, 0.3) is 11.4 Å². The molecule has 1 aliphatic rings. The van der Waals surface area contributed by atoms with Gasteiger partial charge in [0, 0.05) is 24.5 Å². The van der Waals surface area contributed by atoms with Gasteiger partial charge >= 0.3 is 0 Å². The van der Waals surface area contributed by atoms with Gasteiger partial charge in [0.15, 0.2) is 5.82 Å². The Morgan fingerprint density at radius 2 is 2.17 bits per heavy atom. The number of aromatic nitrogens is 4. The molecule has 0 saturated carbocycles. The first kappa shape index (κ1) is 16.1. The fourth-order valence-electron chi connectivity index (χ4n) is 2.95. The molecule has 23 heavy (non-hydrogen) atoms. The molecule has 7 nitrogen and oxygen atoms in total. The summed E-state index contributed by atoms with van der Waals surface area (Å²) in [5, 5.41) is 4.55. The number of hydrogen-bond acceptors (Lipinski definition) is 5. The van der Waals surface area contributed by atoms with Crippen LogP contribution < -0.4 is 0 Å². The first-order valence-electron chi connectivity index (χ1n) is 7.73. The Hall–Kier alpha value is -1.80. The van der Waals surface area contributed by atoms with Gasteiger partial charge < -0.3 is 0 Å². The first-order valence-corrected chi connectivity index (χ1v) is 9.58. The molecule has 0 saturated heterocycles. The minimum Gasteiger partial charge on any atom is -0.264 e. The third-order valence-electron chi connectivity index (χ3n) is 4.34. The van der Waals surface area contributed by atoms with Crippen molar-refractivity contribution in [1.82, 2.24) is 24.1 Å². The van der Waals surface area contributed by atoms with Crippen molar-refractivity contribution in [3.63, 3.8) is 0 Å². The summed E-state index contributed by atoms with van der Waals surface area (Å²) in [7, 11) is -3.29. The molecule has 0 amide bonds. The minimum atomic E-state index is -3.29. The third kappa shape index (κ3) is 3.00. The van der Waals surface area contributed by atoms with Crippen LogP contribution in [-0.4, -0.2) is 45.3 Å². The summed E-state index contributed by atoms with van der Waals surface area (Å²) in [6.45, 7) is 5.05. The smallest absolute Gasteiger partial charge is 0.211 e. The van der Waals surface area contributed by atoms with Crippen LogP contribution in [0.2, 0.25) is 0 Å². The van der Waals surface area contributed by atoms with Crippen molar-refractivity contribution in [2.45, 2.75) is 32.9 Å². The molecule has 0 radical (unpaired) electrons. The number of pyridine rings is 1. The average Bonchev–Trinajstić information content (AvgIpc) is 2.97. The SMILES string of the molecule is CC[C@H](C)[C@H]1c2nc(-c3cccnc3)nn2CCN1S(C)(=O)=O. The van der Waals surface area contributed by atoms with Crippen molar-refractivity contribution in [2.75, 3.05) is 12.8 Å². The van der Waals surface area contributed by atoms with E-state index in [2.05, 4.69) is 28.9 Å². The summed E-state index contributed by atoms with van der Waals surface area (Å²) in [5.74, 6) is 1.47. The molecule has 0 N–H and O–H groups in total. The van der Waals surface area contributed by atoms with E-state index in [0.717, 1.165) is 17.8 Å². The molecule has 1 aliphatic heterocycles. The zero-order valence-corrected chi connectivity index (χ0v) is 14.4. The lowest BCUT2D eigenvalue weighted by Crippen LogP contribution is -2.44. The first-order chi connectivity index (χ1) is 10.9. The molecule has 3 heterocycles. The number of fused-ring (bicyclic) bond motifs is 1. The van der Waals surface area contributed by atoms with Gasteiger partial charge in [-0.1, -0.05) is 20.3 Å². The molecule has 0 bridgehead atoms. The summed E-state index contributed by atoms with van der Waals surface area (Å²) < 4.78 is 27.7. The molecule has 0 spiro atoms. The lowest BCUT2D eigenvalue weighted by atomic mass is 9.97. The molecule has 0 aromatic carbocycles. The molecular weight excluding hydrogens is 314 g/mol. The monoisotopic (exact) mass is 335 g/mol. The molecule has 0 fully saturated rings. The molecule has 2 aromatic heterocycles. The lowest BCUT2D eigenvalue weighted by Gasteiger charge is -2.36. The van der Waals surface area contributed by atoms with Crippen LogP contribution in [0.1, 0.15) is 32.1 Å².